The summed E-state index contributed by atoms with van der Waals surface area (Å²) in [5.74, 6) is -1.10. The number of hydrogen-bond donors (Lipinski definition) is 3. The van der Waals surface area contributed by atoms with Crippen LogP contribution >= 0.6 is 23.2 Å². The number of benzene rings is 1. The number of pyridine rings is 1. The number of aryl methyl sites for hydroxylation is 1. The van der Waals surface area contributed by atoms with Gasteiger partial charge in [-0.05, 0) is 42.8 Å². The Labute approximate surface area is 225 Å². The number of nitrogens with zero attached hydrogens (tertiary/aromatic N) is 3. The van der Waals surface area contributed by atoms with Crippen molar-refractivity contribution < 1.29 is 22.5 Å². The number of hydrogen-bond acceptors (Lipinski definition) is 9. The highest BCUT2D eigenvalue weighted by Crippen LogP contribution is 2.31. The minimum absolute atomic E-state index is 0.00984. The third-order valence-electron chi connectivity index (χ3n) is 5.69. The molecule has 2 unspecified atom stereocenters. The molecule has 2 aliphatic rings. The van der Waals surface area contributed by atoms with Crippen LogP contribution in [-0.4, -0.2) is 56.4 Å². The molecule has 0 radical (unpaired) electrons. The van der Waals surface area contributed by atoms with Crippen LogP contribution in [0.2, 0.25) is 10.0 Å². The van der Waals surface area contributed by atoms with Crippen LogP contribution < -0.4 is 16.1 Å². The predicted octanol–water partition coefficient (Wildman–Crippen LogP) is 2.59. The zero-order valence-corrected chi connectivity index (χ0v) is 21.9. The van der Waals surface area contributed by atoms with Crippen LogP contribution in [0.3, 0.4) is 0 Å². The number of rotatable bonds is 6. The second kappa shape index (κ2) is 11.3. The van der Waals surface area contributed by atoms with E-state index in [-0.39, 0.29) is 35.0 Å². The number of carbonyl (C=O) groups is 2. The molecule has 194 valence electrons. The van der Waals surface area contributed by atoms with Gasteiger partial charge in [0.25, 0.3) is 11.8 Å². The number of hydrazone groups is 1. The SMILES string of the molecule is CNC(=O)c1cc(Cl)cc(C)c1NC(=O)C1=C(OS(=O)[O-])C=CN(C2=NNCC2c2ncccc2Cl)C1. The Morgan fingerprint density at radius 2 is 2.08 bits per heavy atom. The molecule has 2 amide bonds. The molecule has 3 N–H and O–H groups in total. The lowest BCUT2D eigenvalue weighted by molar-refractivity contribution is -0.113. The highest BCUT2D eigenvalue weighted by Gasteiger charge is 2.33. The van der Waals surface area contributed by atoms with E-state index in [0.717, 1.165) is 0 Å². The topological polar surface area (TPSA) is 148 Å². The molecule has 37 heavy (non-hydrogen) atoms. The molecule has 3 heterocycles. The lowest BCUT2D eigenvalue weighted by atomic mass is 10.0. The fraction of sp³-hybridized carbons (Fsp3) is 0.217. The van der Waals surface area contributed by atoms with E-state index < -0.39 is 23.2 Å². The third-order valence-corrected chi connectivity index (χ3v) is 6.54. The van der Waals surface area contributed by atoms with Crippen molar-refractivity contribution in [1.29, 1.82) is 0 Å². The summed E-state index contributed by atoms with van der Waals surface area (Å²) in [6, 6.07) is 6.46. The van der Waals surface area contributed by atoms with Crippen molar-refractivity contribution in [3.63, 3.8) is 0 Å². The first kappa shape index (κ1) is 26.6. The second-order valence-corrected chi connectivity index (χ2v) is 9.43. The summed E-state index contributed by atoms with van der Waals surface area (Å²) in [6.07, 6.45) is 4.52. The van der Waals surface area contributed by atoms with Gasteiger partial charge in [-0.2, -0.15) is 5.10 Å². The zero-order valence-electron chi connectivity index (χ0n) is 19.6. The summed E-state index contributed by atoms with van der Waals surface area (Å²) >= 11 is 9.54. The molecular formula is C23H21Cl2N6O5S-. The van der Waals surface area contributed by atoms with E-state index in [4.69, 9.17) is 27.4 Å². The van der Waals surface area contributed by atoms with Gasteiger partial charge in [0.1, 0.15) is 17.2 Å². The van der Waals surface area contributed by atoms with E-state index in [1.165, 1.54) is 19.2 Å². The third kappa shape index (κ3) is 5.77. The predicted molar refractivity (Wildman–Crippen MR) is 139 cm³/mol. The number of halogens is 2. The molecule has 0 saturated heterocycles. The first-order valence-corrected chi connectivity index (χ1v) is 12.6. The maximum Gasteiger partial charge on any atom is 0.257 e. The van der Waals surface area contributed by atoms with Crippen LogP contribution in [0.15, 0.2) is 59.2 Å². The number of anilines is 1. The van der Waals surface area contributed by atoms with Crippen molar-refractivity contribution in [2.45, 2.75) is 12.8 Å². The van der Waals surface area contributed by atoms with Gasteiger partial charge in [0.05, 0.1) is 40.0 Å². The summed E-state index contributed by atoms with van der Waals surface area (Å²) in [4.78, 5) is 31.9. The van der Waals surface area contributed by atoms with Gasteiger partial charge in [-0.25, -0.2) is 4.21 Å². The van der Waals surface area contributed by atoms with E-state index in [1.807, 2.05) is 0 Å². The summed E-state index contributed by atoms with van der Waals surface area (Å²) in [6.45, 7) is 2.02. The Morgan fingerprint density at radius 1 is 1.30 bits per heavy atom. The van der Waals surface area contributed by atoms with E-state index in [2.05, 4.69) is 26.1 Å². The Hall–Kier alpha value is -3.45. The lowest BCUT2D eigenvalue weighted by Gasteiger charge is -2.29. The van der Waals surface area contributed by atoms with Crippen LogP contribution in [0, 0.1) is 6.92 Å². The highest BCUT2D eigenvalue weighted by atomic mass is 35.5. The van der Waals surface area contributed by atoms with Crippen molar-refractivity contribution in [1.82, 2.24) is 20.6 Å². The van der Waals surface area contributed by atoms with Crippen LogP contribution in [-0.2, 0) is 20.3 Å². The van der Waals surface area contributed by atoms with E-state index in [1.54, 1.807) is 42.4 Å². The van der Waals surface area contributed by atoms with Crippen molar-refractivity contribution in [3.8, 4) is 0 Å². The minimum Gasteiger partial charge on any atom is -0.740 e. The van der Waals surface area contributed by atoms with Crippen molar-refractivity contribution >= 4 is 57.9 Å². The molecule has 4 rings (SSSR count). The average Bonchev–Trinajstić information content (AvgIpc) is 3.34. The molecule has 0 fully saturated rings. The molecule has 2 atom stereocenters. The van der Waals surface area contributed by atoms with Gasteiger partial charge in [0.15, 0.2) is 5.76 Å². The minimum atomic E-state index is -2.93. The van der Waals surface area contributed by atoms with Gasteiger partial charge in [-0.1, -0.05) is 23.2 Å². The molecular weight excluding hydrogens is 543 g/mol. The van der Waals surface area contributed by atoms with E-state index in [9.17, 15) is 18.4 Å². The van der Waals surface area contributed by atoms with E-state index >= 15 is 0 Å². The maximum absolute atomic E-state index is 13.5. The Bertz CT molecular complexity index is 1380. The molecule has 1 aromatic heterocycles. The zero-order chi connectivity index (χ0) is 26.7. The first-order chi connectivity index (χ1) is 17.7. The van der Waals surface area contributed by atoms with Crippen LogP contribution in [0.25, 0.3) is 0 Å². The fourth-order valence-electron chi connectivity index (χ4n) is 3.99. The fourth-order valence-corrected chi connectivity index (χ4v) is 4.82. The molecule has 2 aliphatic heterocycles. The number of amidine groups is 1. The molecule has 14 heteroatoms. The Morgan fingerprint density at radius 3 is 2.78 bits per heavy atom. The van der Waals surface area contributed by atoms with Crippen LogP contribution in [0.4, 0.5) is 5.69 Å². The quantitative estimate of drug-likeness (QED) is 0.454. The number of carbonyl (C=O) groups excluding carboxylic acids is 2. The van der Waals surface area contributed by atoms with Gasteiger partial charge in [-0.3, -0.25) is 14.6 Å². The molecule has 0 saturated carbocycles. The standard InChI is InChI=1S/C23H22Cl2N6O5S/c1-12-8-13(24)9-14(22(32)26-2)19(12)29-23(33)16-11-31(7-5-18(16)36-37(34)35)21-15(10-28-30-21)20-17(25)4-3-6-27-20/h3-9,15,28H,10-11H2,1-2H3,(H,26,32)(H,29,33)(H,34,35)/p-1. The van der Waals surface area contributed by atoms with Gasteiger partial charge < -0.3 is 29.7 Å². The smallest absolute Gasteiger partial charge is 0.257 e. The van der Waals surface area contributed by atoms with Gasteiger partial charge in [-0.15, -0.1) is 0 Å². The summed E-state index contributed by atoms with van der Waals surface area (Å²) < 4.78 is 27.5. The van der Waals surface area contributed by atoms with E-state index in [0.29, 0.717) is 33.7 Å². The van der Waals surface area contributed by atoms with Gasteiger partial charge in [0.2, 0.25) is 0 Å². The molecule has 0 aliphatic carbocycles. The molecule has 1 aromatic carbocycles. The largest absolute Gasteiger partial charge is 0.740 e. The molecule has 0 spiro atoms. The summed E-state index contributed by atoms with van der Waals surface area (Å²) in [5.41, 5.74) is 4.42. The molecule has 11 nitrogen and oxygen atoms in total. The molecule has 2 aromatic rings. The average molecular weight is 564 g/mol. The number of allylic oxidation sites excluding steroid dienone is 1. The summed E-state index contributed by atoms with van der Waals surface area (Å²) in [5, 5.41) is 10.3. The summed E-state index contributed by atoms with van der Waals surface area (Å²) in [7, 11) is 1.45. The maximum atomic E-state index is 13.5. The number of amides is 2. The van der Waals surface area contributed by atoms with Crippen molar-refractivity contribution in [2.24, 2.45) is 5.10 Å². The Balaban J connectivity index is 1.66. The van der Waals surface area contributed by atoms with Crippen molar-refractivity contribution in [2.75, 3.05) is 25.5 Å². The van der Waals surface area contributed by atoms with Gasteiger partial charge in [0, 0.05) is 31.0 Å². The van der Waals surface area contributed by atoms with Crippen molar-refractivity contribution in [3.05, 3.63) is 80.9 Å². The first-order valence-electron chi connectivity index (χ1n) is 10.9. The molecule has 0 bridgehead atoms. The van der Waals surface area contributed by atoms with Gasteiger partial charge >= 0.3 is 0 Å². The monoisotopic (exact) mass is 563 g/mol. The normalized spacial score (nSPS) is 17.7. The highest BCUT2D eigenvalue weighted by molar-refractivity contribution is 7.74. The lowest BCUT2D eigenvalue weighted by Crippen LogP contribution is -2.37. The number of nitrogens with one attached hydrogen (secondary N) is 3. The Kier molecular flexibility index (Phi) is 8.13. The van der Waals surface area contributed by atoms with Crippen LogP contribution in [0.1, 0.15) is 27.5 Å². The second-order valence-electron chi connectivity index (χ2n) is 8.01. The van der Waals surface area contributed by atoms with Crippen LogP contribution in [0.5, 0.6) is 0 Å². The number of aromatic nitrogens is 1.